The third-order valence-electron chi connectivity index (χ3n) is 1.51. The van der Waals surface area contributed by atoms with Crippen molar-refractivity contribution in [1.82, 2.24) is 0 Å². The van der Waals surface area contributed by atoms with Gasteiger partial charge in [0.2, 0.25) is 0 Å². The highest BCUT2D eigenvalue weighted by Gasteiger charge is 2.01. The number of aliphatic hydroxyl groups excluding tert-OH is 1. The molecular formula is C10H15FO. The topological polar surface area (TPSA) is 20.2 Å². The van der Waals surface area contributed by atoms with Crippen LogP contribution >= 0.6 is 0 Å². The van der Waals surface area contributed by atoms with Crippen molar-refractivity contribution in [2.24, 2.45) is 0 Å². The van der Waals surface area contributed by atoms with E-state index in [1.54, 1.807) is 19.1 Å². The van der Waals surface area contributed by atoms with E-state index in [1.165, 1.54) is 6.07 Å². The molecule has 1 N–H and O–H groups in total. The Labute approximate surface area is 72.9 Å². The second-order valence-electron chi connectivity index (χ2n) is 2.19. The second-order valence-corrected chi connectivity index (χ2v) is 2.19. The molecule has 0 unspecified atom stereocenters. The standard InChI is InChI=1S/C8H9FO.C2H6/c1-6-3-2-4-8(9)7(6)5-10;1-2/h2-4,10H,5H2,1H3;1-2H3. The van der Waals surface area contributed by atoms with Crippen LogP contribution in [0.1, 0.15) is 25.0 Å². The van der Waals surface area contributed by atoms with Crippen molar-refractivity contribution in [3.63, 3.8) is 0 Å². The maximum atomic E-state index is 12.7. The van der Waals surface area contributed by atoms with E-state index in [4.69, 9.17) is 5.11 Å². The van der Waals surface area contributed by atoms with Crippen LogP contribution in [0.25, 0.3) is 0 Å². The van der Waals surface area contributed by atoms with E-state index in [-0.39, 0.29) is 12.4 Å². The lowest BCUT2D eigenvalue weighted by Gasteiger charge is -2.01. The predicted octanol–water partition coefficient (Wildman–Crippen LogP) is 2.65. The van der Waals surface area contributed by atoms with E-state index in [1.807, 2.05) is 13.8 Å². The maximum absolute atomic E-state index is 12.7. The summed E-state index contributed by atoms with van der Waals surface area (Å²) in [6.45, 7) is 5.55. The van der Waals surface area contributed by atoms with Gasteiger partial charge in [0, 0.05) is 5.56 Å². The minimum Gasteiger partial charge on any atom is -0.392 e. The third kappa shape index (κ3) is 2.62. The Hall–Kier alpha value is -0.890. The summed E-state index contributed by atoms with van der Waals surface area (Å²) in [7, 11) is 0. The van der Waals surface area contributed by atoms with Gasteiger partial charge in [-0.2, -0.15) is 0 Å². The molecule has 0 atom stereocenters. The fourth-order valence-electron chi connectivity index (χ4n) is 0.867. The molecule has 0 heterocycles. The van der Waals surface area contributed by atoms with E-state index < -0.39 is 0 Å². The molecule has 0 aliphatic rings. The molecule has 1 nitrogen and oxygen atoms in total. The zero-order valence-electron chi connectivity index (χ0n) is 7.76. The lowest BCUT2D eigenvalue weighted by atomic mass is 10.1. The summed E-state index contributed by atoms with van der Waals surface area (Å²) in [5.41, 5.74) is 1.19. The number of hydrogen-bond donors (Lipinski definition) is 1. The van der Waals surface area contributed by atoms with Crippen LogP contribution in [-0.4, -0.2) is 5.11 Å². The molecule has 0 saturated carbocycles. The summed E-state index contributed by atoms with van der Waals surface area (Å²) in [5, 5.41) is 8.66. The van der Waals surface area contributed by atoms with E-state index in [0.29, 0.717) is 5.56 Å². The fraction of sp³-hybridized carbons (Fsp3) is 0.400. The average Bonchev–Trinajstić information content (AvgIpc) is 2.08. The molecule has 0 fully saturated rings. The third-order valence-corrected chi connectivity index (χ3v) is 1.51. The fourth-order valence-corrected chi connectivity index (χ4v) is 0.867. The van der Waals surface area contributed by atoms with Gasteiger partial charge in [-0.25, -0.2) is 4.39 Å². The van der Waals surface area contributed by atoms with Gasteiger partial charge in [0.1, 0.15) is 5.82 Å². The SMILES string of the molecule is CC.Cc1cccc(F)c1CO. The first-order chi connectivity index (χ1) is 5.75. The van der Waals surface area contributed by atoms with Gasteiger partial charge in [0.25, 0.3) is 0 Å². The molecule has 68 valence electrons. The molecule has 0 aliphatic heterocycles. The average molecular weight is 170 g/mol. The Bertz CT molecular complexity index is 213. The summed E-state index contributed by atoms with van der Waals surface area (Å²) < 4.78 is 12.7. The van der Waals surface area contributed by atoms with E-state index >= 15 is 0 Å². The molecule has 1 rings (SSSR count). The van der Waals surface area contributed by atoms with Gasteiger partial charge in [0.05, 0.1) is 6.61 Å². The quantitative estimate of drug-likeness (QED) is 0.687. The number of aryl methyl sites for hydroxylation is 1. The van der Waals surface area contributed by atoms with Crippen LogP contribution in [0.15, 0.2) is 18.2 Å². The van der Waals surface area contributed by atoms with Gasteiger partial charge >= 0.3 is 0 Å². The van der Waals surface area contributed by atoms with E-state index in [2.05, 4.69) is 0 Å². The Morgan fingerprint density at radius 1 is 1.33 bits per heavy atom. The zero-order valence-corrected chi connectivity index (χ0v) is 7.76. The predicted molar refractivity (Wildman–Crippen MR) is 48.4 cm³/mol. The van der Waals surface area contributed by atoms with Crippen LogP contribution in [-0.2, 0) is 6.61 Å². The van der Waals surface area contributed by atoms with Crippen molar-refractivity contribution >= 4 is 0 Å². The number of rotatable bonds is 1. The lowest BCUT2D eigenvalue weighted by Crippen LogP contribution is -1.92. The summed E-state index contributed by atoms with van der Waals surface area (Å²) in [4.78, 5) is 0. The minimum absolute atomic E-state index is 0.224. The van der Waals surface area contributed by atoms with Crippen LogP contribution in [0.2, 0.25) is 0 Å². The number of hydrogen-bond acceptors (Lipinski definition) is 1. The summed E-state index contributed by atoms with van der Waals surface area (Å²) in [6.07, 6.45) is 0. The van der Waals surface area contributed by atoms with E-state index in [0.717, 1.165) is 5.56 Å². The summed E-state index contributed by atoms with van der Waals surface area (Å²) >= 11 is 0. The van der Waals surface area contributed by atoms with Crippen LogP contribution < -0.4 is 0 Å². The Balaban J connectivity index is 0.000000561. The Morgan fingerprint density at radius 3 is 2.25 bits per heavy atom. The van der Waals surface area contributed by atoms with Crippen LogP contribution in [0.5, 0.6) is 0 Å². The van der Waals surface area contributed by atoms with Crippen LogP contribution in [0.3, 0.4) is 0 Å². The van der Waals surface area contributed by atoms with Crippen molar-refractivity contribution in [2.75, 3.05) is 0 Å². The molecule has 12 heavy (non-hydrogen) atoms. The van der Waals surface area contributed by atoms with Gasteiger partial charge in [-0.1, -0.05) is 26.0 Å². The van der Waals surface area contributed by atoms with Crippen molar-refractivity contribution < 1.29 is 9.50 Å². The molecule has 0 bridgehead atoms. The van der Waals surface area contributed by atoms with Gasteiger partial charge in [0.15, 0.2) is 0 Å². The molecule has 0 spiro atoms. The minimum atomic E-state index is -0.331. The molecule has 2 heteroatoms. The van der Waals surface area contributed by atoms with Gasteiger partial charge in [-0.15, -0.1) is 0 Å². The van der Waals surface area contributed by atoms with E-state index in [9.17, 15) is 4.39 Å². The second kappa shape index (κ2) is 5.72. The molecule has 0 radical (unpaired) electrons. The zero-order chi connectivity index (χ0) is 9.56. The maximum Gasteiger partial charge on any atom is 0.128 e. The first-order valence-corrected chi connectivity index (χ1v) is 4.10. The van der Waals surface area contributed by atoms with Gasteiger partial charge in [-0.3, -0.25) is 0 Å². The highest BCUT2D eigenvalue weighted by atomic mass is 19.1. The van der Waals surface area contributed by atoms with Crippen molar-refractivity contribution in [3.05, 3.63) is 35.1 Å². The van der Waals surface area contributed by atoms with Crippen molar-refractivity contribution in [1.29, 1.82) is 0 Å². The highest BCUT2D eigenvalue weighted by Crippen LogP contribution is 2.11. The monoisotopic (exact) mass is 170 g/mol. The molecule has 0 aromatic heterocycles. The molecule has 1 aromatic carbocycles. The van der Waals surface area contributed by atoms with Crippen molar-refractivity contribution in [2.45, 2.75) is 27.4 Å². The number of benzene rings is 1. The molecular weight excluding hydrogens is 155 g/mol. The van der Waals surface area contributed by atoms with Crippen LogP contribution in [0.4, 0.5) is 4.39 Å². The summed E-state index contributed by atoms with van der Waals surface area (Å²) in [6, 6.07) is 4.75. The van der Waals surface area contributed by atoms with Gasteiger partial charge in [-0.05, 0) is 18.6 Å². The lowest BCUT2D eigenvalue weighted by molar-refractivity contribution is 0.275. The molecule has 0 saturated heterocycles. The molecule has 0 aliphatic carbocycles. The largest absolute Gasteiger partial charge is 0.392 e. The normalized spacial score (nSPS) is 8.75. The van der Waals surface area contributed by atoms with Crippen LogP contribution in [0, 0.1) is 12.7 Å². The summed E-state index contributed by atoms with van der Waals surface area (Å²) in [5.74, 6) is -0.331. The molecule has 1 aromatic rings. The first kappa shape index (κ1) is 11.1. The first-order valence-electron chi connectivity index (χ1n) is 4.10. The number of aliphatic hydroxyl groups is 1. The molecule has 0 amide bonds. The Kier molecular flexibility index (Phi) is 5.30. The van der Waals surface area contributed by atoms with Crippen molar-refractivity contribution in [3.8, 4) is 0 Å². The highest BCUT2D eigenvalue weighted by molar-refractivity contribution is 5.26. The van der Waals surface area contributed by atoms with Gasteiger partial charge < -0.3 is 5.11 Å². The Morgan fingerprint density at radius 2 is 1.92 bits per heavy atom. The smallest absolute Gasteiger partial charge is 0.128 e. The number of halogens is 1.